The topological polar surface area (TPSA) is 130 Å². The van der Waals surface area contributed by atoms with Crippen LogP contribution in [0.15, 0.2) is 73.6 Å². The number of rotatable bonds is 10. The van der Waals surface area contributed by atoms with Crippen LogP contribution in [-0.2, 0) is 16.6 Å². The summed E-state index contributed by atoms with van der Waals surface area (Å²) in [6.45, 7) is 1.04. The summed E-state index contributed by atoms with van der Waals surface area (Å²) in [5.74, 6) is 0.130. The molecule has 0 aliphatic rings. The molecule has 2 aromatic carbocycles. The number of benzene rings is 2. The molecule has 0 unspecified atom stereocenters. The molecule has 0 aliphatic carbocycles. The van der Waals surface area contributed by atoms with Gasteiger partial charge < -0.3 is 11.1 Å². The second kappa shape index (κ2) is 10.8. The molecule has 0 aliphatic heterocycles. The summed E-state index contributed by atoms with van der Waals surface area (Å²) in [5, 5.41) is 3.11. The van der Waals surface area contributed by atoms with E-state index in [-0.39, 0.29) is 22.9 Å². The lowest BCUT2D eigenvalue weighted by molar-refractivity contribution is 0.593. The van der Waals surface area contributed by atoms with E-state index in [0.29, 0.717) is 19.5 Å². The van der Waals surface area contributed by atoms with E-state index < -0.39 is 21.3 Å². The van der Waals surface area contributed by atoms with E-state index in [1.807, 2.05) is 24.3 Å². The predicted octanol–water partition coefficient (Wildman–Crippen LogP) is 2.32. The number of aromatic nitrogens is 2. The van der Waals surface area contributed by atoms with Crippen molar-refractivity contribution in [1.29, 1.82) is 0 Å². The van der Waals surface area contributed by atoms with Gasteiger partial charge in [-0.15, -0.1) is 0 Å². The van der Waals surface area contributed by atoms with Gasteiger partial charge in [-0.1, -0.05) is 46.3 Å². The molecule has 0 amide bonds. The van der Waals surface area contributed by atoms with Crippen molar-refractivity contribution in [2.75, 3.05) is 29.8 Å². The predicted molar refractivity (Wildman–Crippen MR) is 133 cm³/mol. The number of anilines is 2. The van der Waals surface area contributed by atoms with Gasteiger partial charge in [0, 0.05) is 18.1 Å². The molecule has 176 valence electrons. The summed E-state index contributed by atoms with van der Waals surface area (Å²) in [6, 6.07) is 15.2. The fourth-order valence-corrected chi connectivity index (χ4v) is 4.79. The summed E-state index contributed by atoms with van der Waals surface area (Å²) in [4.78, 5) is 28.0. The molecule has 1 aromatic heterocycles. The summed E-state index contributed by atoms with van der Waals surface area (Å²) < 4.78 is 29.6. The van der Waals surface area contributed by atoms with Gasteiger partial charge in [-0.3, -0.25) is 18.7 Å². The van der Waals surface area contributed by atoms with Crippen molar-refractivity contribution in [3.8, 4) is 0 Å². The molecule has 3 aromatic rings. The molecular formula is C22H26BrN5O4S. The highest BCUT2D eigenvalue weighted by molar-refractivity contribution is 9.10. The number of nitrogens with two attached hydrogens (primary N) is 1. The number of sulfonamides is 1. The van der Waals surface area contributed by atoms with Gasteiger partial charge in [-0.2, -0.15) is 0 Å². The molecule has 0 spiro atoms. The molecule has 3 rings (SSSR count). The number of halogens is 1. The van der Waals surface area contributed by atoms with Crippen LogP contribution in [-0.4, -0.2) is 38.1 Å². The van der Waals surface area contributed by atoms with Gasteiger partial charge in [0.05, 0.1) is 11.4 Å². The summed E-state index contributed by atoms with van der Waals surface area (Å²) in [5.41, 5.74) is 4.77. The van der Waals surface area contributed by atoms with Gasteiger partial charge >= 0.3 is 5.69 Å². The molecular weight excluding hydrogens is 510 g/mol. The number of nitrogens with zero attached hydrogens (tertiary/aromatic N) is 2. The number of aromatic amines is 1. The number of nitrogens with one attached hydrogen (secondary N) is 2. The average molecular weight is 536 g/mol. The first-order chi connectivity index (χ1) is 15.8. The Labute approximate surface area is 200 Å². The first kappa shape index (κ1) is 24.7. The number of hydrogen-bond acceptors (Lipinski definition) is 6. The third kappa shape index (κ3) is 5.73. The zero-order chi connectivity index (χ0) is 24.0. The highest BCUT2D eigenvalue weighted by Gasteiger charge is 2.28. The van der Waals surface area contributed by atoms with Gasteiger partial charge in [0.1, 0.15) is 5.82 Å². The Balaban J connectivity index is 2.14. The van der Waals surface area contributed by atoms with Crippen molar-refractivity contribution in [2.24, 2.45) is 5.73 Å². The molecule has 9 nitrogen and oxygen atoms in total. The van der Waals surface area contributed by atoms with Crippen molar-refractivity contribution in [2.45, 2.75) is 24.3 Å². The van der Waals surface area contributed by atoms with Gasteiger partial charge in [0.2, 0.25) is 0 Å². The van der Waals surface area contributed by atoms with E-state index in [1.165, 1.54) is 23.7 Å². The van der Waals surface area contributed by atoms with Crippen molar-refractivity contribution in [3.05, 3.63) is 85.5 Å². The van der Waals surface area contributed by atoms with Gasteiger partial charge in [0.15, 0.2) is 5.69 Å². The van der Waals surface area contributed by atoms with Gasteiger partial charge in [0.25, 0.3) is 15.6 Å². The standard InChI is InChI=1S/C22H26BrN5O4S/c1-27(33(31,32)18-7-3-2-4-8-18)19-20(25-14-6-5-13-24)28(22(30)26-21(19)29)15-16-9-11-17(23)12-10-16/h2-4,7-12,25H,5-6,13-15,24H2,1H3,(H,26,29,30). The molecule has 11 heteroatoms. The highest BCUT2D eigenvalue weighted by Crippen LogP contribution is 2.26. The Kier molecular flexibility index (Phi) is 8.11. The van der Waals surface area contributed by atoms with E-state index in [2.05, 4.69) is 26.2 Å². The molecule has 1 heterocycles. The molecule has 0 saturated heterocycles. The first-order valence-electron chi connectivity index (χ1n) is 10.3. The van der Waals surface area contributed by atoms with E-state index in [4.69, 9.17) is 5.73 Å². The van der Waals surface area contributed by atoms with Crippen molar-refractivity contribution in [1.82, 2.24) is 9.55 Å². The molecule has 0 atom stereocenters. The van der Waals surface area contributed by atoms with E-state index >= 15 is 0 Å². The lowest BCUT2D eigenvalue weighted by atomic mass is 10.2. The molecule has 0 saturated carbocycles. The number of hydrogen-bond donors (Lipinski definition) is 3. The zero-order valence-electron chi connectivity index (χ0n) is 18.1. The van der Waals surface area contributed by atoms with E-state index in [9.17, 15) is 18.0 Å². The number of H-pyrrole nitrogens is 1. The minimum atomic E-state index is -4.05. The zero-order valence-corrected chi connectivity index (χ0v) is 20.5. The summed E-state index contributed by atoms with van der Waals surface area (Å²) in [7, 11) is -2.75. The molecule has 0 fully saturated rings. The Morgan fingerprint density at radius 2 is 1.73 bits per heavy atom. The maximum absolute atomic E-state index is 13.2. The summed E-state index contributed by atoms with van der Waals surface area (Å²) >= 11 is 3.38. The van der Waals surface area contributed by atoms with Gasteiger partial charge in [-0.25, -0.2) is 13.2 Å². The second-order valence-electron chi connectivity index (χ2n) is 7.38. The maximum atomic E-state index is 13.2. The quantitative estimate of drug-likeness (QED) is 0.341. The van der Waals surface area contributed by atoms with Crippen LogP contribution in [0.1, 0.15) is 18.4 Å². The molecule has 0 bridgehead atoms. The van der Waals surface area contributed by atoms with Crippen LogP contribution in [0.4, 0.5) is 11.5 Å². The third-order valence-electron chi connectivity index (χ3n) is 5.07. The SMILES string of the molecule is CN(c1c(NCCCCN)n(Cc2ccc(Br)cc2)c(=O)[nH]c1=O)S(=O)(=O)c1ccccc1. The fraction of sp³-hybridized carbons (Fsp3) is 0.273. The first-order valence-corrected chi connectivity index (χ1v) is 12.6. The minimum Gasteiger partial charge on any atom is -0.369 e. The van der Waals surface area contributed by atoms with Crippen LogP contribution in [0, 0.1) is 0 Å². The average Bonchev–Trinajstić information content (AvgIpc) is 2.80. The van der Waals surface area contributed by atoms with Crippen molar-refractivity contribution >= 4 is 37.5 Å². The van der Waals surface area contributed by atoms with Crippen molar-refractivity contribution < 1.29 is 8.42 Å². The monoisotopic (exact) mass is 535 g/mol. The number of unbranched alkanes of at least 4 members (excludes halogenated alkanes) is 1. The Morgan fingerprint density at radius 3 is 2.36 bits per heavy atom. The minimum absolute atomic E-state index is 0.0339. The van der Waals surface area contributed by atoms with Crippen LogP contribution < -0.4 is 26.6 Å². The van der Waals surface area contributed by atoms with Crippen molar-refractivity contribution in [3.63, 3.8) is 0 Å². The maximum Gasteiger partial charge on any atom is 0.330 e. The Morgan fingerprint density at radius 1 is 1.06 bits per heavy atom. The summed E-state index contributed by atoms with van der Waals surface area (Å²) in [6.07, 6.45) is 1.42. The van der Waals surface area contributed by atoms with Crippen LogP contribution in [0.5, 0.6) is 0 Å². The third-order valence-corrected chi connectivity index (χ3v) is 7.37. The Hall–Kier alpha value is -2.89. The van der Waals surface area contributed by atoms with Crippen LogP contribution in [0.3, 0.4) is 0 Å². The lowest BCUT2D eigenvalue weighted by Crippen LogP contribution is -2.39. The van der Waals surface area contributed by atoms with E-state index in [1.54, 1.807) is 18.2 Å². The van der Waals surface area contributed by atoms with Crippen LogP contribution in [0.25, 0.3) is 0 Å². The Bertz CT molecular complexity index is 1310. The van der Waals surface area contributed by atoms with E-state index in [0.717, 1.165) is 20.8 Å². The van der Waals surface area contributed by atoms with Crippen LogP contribution >= 0.6 is 15.9 Å². The molecule has 4 N–H and O–H groups in total. The van der Waals surface area contributed by atoms with Gasteiger partial charge in [-0.05, 0) is 49.2 Å². The smallest absolute Gasteiger partial charge is 0.330 e. The van der Waals surface area contributed by atoms with Crippen LogP contribution in [0.2, 0.25) is 0 Å². The lowest BCUT2D eigenvalue weighted by Gasteiger charge is -2.24. The normalized spacial score (nSPS) is 11.4. The molecule has 33 heavy (non-hydrogen) atoms. The largest absolute Gasteiger partial charge is 0.369 e. The fourth-order valence-electron chi connectivity index (χ4n) is 3.30. The second-order valence-corrected chi connectivity index (χ2v) is 10.3. The molecule has 0 radical (unpaired) electrons. The highest BCUT2D eigenvalue weighted by atomic mass is 79.9.